The van der Waals surface area contributed by atoms with E-state index in [1.54, 1.807) is 7.11 Å². The van der Waals surface area contributed by atoms with Gasteiger partial charge in [-0.05, 0) is 68.2 Å². The summed E-state index contributed by atoms with van der Waals surface area (Å²) in [5.74, 6) is 0.783. The van der Waals surface area contributed by atoms with Crippen LogP contribution in [0.15, 0.2) is 54.6 Å². The Morgan fingerprint density at radius 2 is 2.06 bits per heavy atom. The van der Waals surface area contributed by atoms with E-state index >= 15 is 0 Å². The van der Waals surface area contributed by atoms with Gasteiger partial charge in [0, 0.05) is 34.8 Å². The lowest BCUT2D eigenvalue weighted by Crippen LogP contribution is -2.50. The predicted molar refractivity (Wildman–Crippen MR) is 141 cm³/mol. The van der Waals surface area contributed by atoms with E-state index in [0.29, 0.717) is 17.8 Å². The molecule has 176 valence electrons. The second-order valence-electron chi connectivity index (χ2n) is 9.66. The Hall–Kier alpha value is -2.83. The van der Waals surface area contributed by atoms with Crippen LogP contribution in [-0.2, 0) is 11.2 Å². The maximum atomic E-state index is 6.16. The summed E-state index contributed by atoms with van der Waals surface area (Å²) in [5, 5.41) is 4.96. The first-order valence-electron chi connectivity index (χ1n) is 12.3. The number of para-hydroxylation sites is 1. The minimum Gasteiger partial charge on any atom is -0.497 e. The van der Waals surface area contributed by atoms with E-state index in [2.05, 4.69) is 52.0 Å². The Bertz CT molecular complexity index is 1300. The van der Waals surface area contributed by atoms with E-state index in [0.717, 1.165) is 30.8 Å². The number of aromatic nitrogens is 1. The monoisotopic (exact) mass is 473 g/mol. The molecule has 0 radical (unpaired) electrons. The largest absolute Gasteiger partial charge is 0.497 e. The number of hydrogen-bond acceptors (Lipinski definition) is 4. The van der Waals surface area contributed by atoms with Crippen LogP contribution in [0.2, 0.25) is 0 Å². The highest BCUT2D eigenvalue weighted by atomic mass is 32.1. The van der Waals surface area contributed by atoms with Gasteiger partial charge >= 0.3 is 0 Å². The number of benzene rings is 2. The van der Waals surface area contributed by atoms with Crippen LogP contribution in [0.5, 0.6) is 5.75 Å². The molecule has 0 unspecified atom stereocenters. The third kappa shape index (κ3) is 3.35. The van der Waals surface area contributed by atoms with Gasteiger partial charge in [0.05, 0.1) is 24.4 Å². The number of fused-ring (bicyclic) bond motifs is 3. The lowest BCUT2D eigenvalue weighted by Gasteiger charge is -2.53. The summed E-state index contributed by atoms with van der Waals surface area (Å²) in [6.45, 7) is 5.14. The first-order chi connectivity index (χ1) is 16.6. The number of piperidine rings is 1. The Morgan fingerprint density at radius 1 is 1.18 bits per heavy atom. The molecular weight excluding hydrogens is 442 g/mol. The van der Waals surface area contributed by atoms with Crippen LogP contribution in [0.4, 0.5) is 5.69 Å². The lowest BCUT2D eigenvalue weighted by atomic mass is 9.66. The average Bonchev–Trinajstić information content (AvgIpc) is 3.22. The fourth-order valence-electron chi connectivity index (χ4n) is 6.49. The molecule has 5 nitrogen and oxygen atoms in total. The molecule has 4 heterocycles. The summed E-state index contributed by atoms with van der Waals surface area (Å²) in [6, 6.07) is 17.0. The molecule has 1 saturated heterocycles. The van der Waals surface area contributed by atoms with Gasteiger partial charge in [-0.15, -0.1) is 0 Å². The number of rotatable bonds is 5. The number of hydrogen-bond donors (Lipinski definition) is 1. The van der Waals surface area contributed by atoms with Crippen molar-refractivity contribution in [3.05, 3.63) is 65.9 Å². The van der Waals surface area contributed by atoms with Crippen molar-refractivity contribution in [1.29, 1.82) is 0 Å². The number of nitrogens with zero attached hydrogens (tertiary/aromatic N) is 2. The molecule has 2 atom stereocenters. The van der Waals surface area contributed by atoms with Gasteiger partial charge < -0.3 is 19.4 Å². The number of ether oxygens (including phenoxy) is 2. The van der Waals surface area contributed by atoms with E-state index in [-0.39, 0.29) is 5.41 Å². The minimum absolute atomic E-state index is 0.151. The molecule has 6 rings (SSSR count). The maximum absolute atomic E-state index is 6.16. The molecule has 0 saturated carbocycles. The topological polar surface area (TPSA) is 38.7 Å². The van der Waals surface area contributed by atoms with Crippen molar-refractivity contribution in [3.8, 4) is 5.75 Å². The maximum Gasteiger partial charge on any atom is 0.261 e. The van der Waals surface area contributed by atoms with Gasteiger partial charge in [-0.2, -0.15) is 0 Å². The highest BCUT2D eigenvalue weighted by Gasteiger charge is 2.50. The second-order valence-corrected chi connectivity index (χ2v) is 10.0. The second kappa shape index (κ2) is 8.43. The van der Waals surface area contributed by atoms with Crippen LogP contribution in [0.1, 0.15) is 43.5 Å². The number of nitrogens with one attached hydrogen (secondary N) is 1. The molecule has 3 aliphatic rings. The van der Waals surface area contributed by atoms with Gasteiger partial charge in [0.1, 0.15) is 12.4 Å². The smallest absolute Gasteiger partial charge is 0.261 e. The molecule has 0 amide bonds. The number of thiocarbonyl (C=S) groups is 1. The quantitative estimate of drug-likeness (QED) is 0.460. The Balaban J connectivity index is 1.36. The zero-order valence-corrected chi connectivity index (χ0v) is 20.7. The van der Waals surface area contributed by atoms with Crippen LogP contribution in [0.3, 0.4) is 0 Å². The summed E-state index contributed by atoms with van der Waals surface area (Å²) >= 11 is 5.57. The normalized spacial score (nSPS) is 23.2. The van der Waals surface area contributed by atoms with Gasteiger partial charge in [-0.25, -0.2) is 0 Å². The van der Waals surface area contributed by atoms with E-state index in [1.165, 1.54) is 47.2 Å². The van der Waals surface area contributed by atoms with Crippen LogP contribution in [-0.4, -0.2) is 41.4 Å². The molecule has 2 aromatic carbocycles. The van der Waals surface area contributed by atoms with E-state index < -0.39 is 0 Å². The molecule has 1 N–H and O–H groups in total. The van der Waals surface area contributed by atoms with Crippen molar-refractivity contribution >= 4 is 39.7 Å². The minimum atomic E-state index is 0.151. The van der Waals surface area contributed by atoms with E-state index in [4.69, 9.17) is 21.7 Å². The molecule has 0 bridgehead atoms. The average molecular weight is 474 g/mol. The van der Waals surface area contributed by atoms with Crippen molar-refractivity contribution in [2.45, 2.75) is 38.6 Å². The molecule has 1 fully saturated rings. The summed E-state index contributed by atoms with van der Waals surface area (Å²) in [7, 11) is 1.66. The summed E-state index contributed by atoms with van der Waals surface area (Å²) < 4.78 is 14.0. The molecule has 34 heavy (non-hydrogen) atoms. The predicted octanol–water partition coefficient (Wildman–Crippen LogP) is 6.01. The fraction of sp³-hybridized carbons (Fsp3) is 0.393. The Morgan fingerprint density at radius 3 is 2.91 bits per heavy atom. The zero-order valence-electron chi connectivity index (χ0n) is 19.8. The summed E-state index contributed by atoms with van der Waals surface area (Å²) in [4.78, 5) is 2.73. The van der Waals surface area contributed by atoms with Gasteiger partial charge in [0.15, 0.2) is 0 Å². The fourth-order valence-corrected chi connectivity index (χ4v) is 6.67. The van der Waals surface area contributed by atoms with Crippen molar-refractivity contribution in [2.24, 2.45) is 5.41 Å². The van der Waals surface area contributed by atoms with Crippen LogP contribution >= 0.6 is 12.2 Å². The van der Waals surface area contributed by atoms with Gasteiger partial charge in [0.25, 0.3) is 5.17 Å². The highest BCUT2D eigenvalue weighted by Crippen LogP contribution is 2.56. The zero-order chi connectivity index (χ0) is 23.3. The SMILES string of the molecule is CC[C@@]12C=C(COC(=S)Nc3cccc(OC)c3)n3c4c(c5ccccc53)CCN(CCC1)[C@H]42. The third-order valence-electron chi connectivity index (χ3n) is 7.99. The van der Waals surface area contributed by atoms with Crippen LogP contribution in [0.25, 0.3) is 16.6 Å². The Kier molecular flexibility index (Phi) is 5.38. The number of anilines is 1. The van der Waals surface area contributed by atoms with E-state index in [1.807, 2.05) is 24.3 Å². The van der Waals surface area contributed by atoms with Crippen LogP contribution < -0.4 is 10.1 Å². The van der Waals surface area contributed by atoms with Crippen molar-refractivity contribution < 1.29 is 9.47 Å². The lowest BCUT2D eigenvalue weighted by molar-refractivity contribution is 0.0264. The summed E-state index contributed by atoms with van der Waals surface area (Å²) in [5.41, 5.74) is 6.51. The highest BCUT2D eigenvalue weighted by molar-refractivity contribution is 7.80. The third-order valence-corrected chi connectivity index (χ3v) is 8.21. The molecule has 0 spiro atoms. The van der Waals surface area contributed by atoms with Gasteiger partial charge in [-0.3, -0.25) is 4.90 Å². The first kappa shape index (κ1) is 21.7. The molecule has 6 heteroatoms. The van der Waals surface area contributed by atoms with Crippen LogP contribution in [0, 0.1) is 5.41 Å². The molecule has 3 aromatic rings. The molecule has 1 aromatic heterocycles. The number of methoxy groups -OCH3 is 1. The van der Waals surface area contributed by atoms with E-state index in [9.17, 15) is 0 Å². The molecular formula is C28H31N3O2S. The van der Waals surface area contributed by atoms with Gasteiger partial charge in [-0.1, -0.05) is 37.3 Å². The summed E-state index contributed by atoms with van der Waals surface area (Å²) in [6.07, 6.45) is 7.24. The Labute approximate surface area is 206 Å². The standard InChI is InChI=1S/C28H31N3O2S/c1-3-28-13-7-14-30-15-12-23-22-10-4-5-11-24(22)31(25(23)26(28)30)20(17-28)18-33-27(34)29-19-8-6-9-21(16-19)32-2/h4-6,8-11,16-17,26H,3,7,12-15,18H2,1-2H3,(H,29,34)/t26-,28+/m1/s1. The van der Waals surface area contributed by atoms with Crippen molar-refractivity contribution in [2.75, 3.05) is 32.1 Å². The van der Waals surface area contributed by atoms with Gasteiger partial charge in [0.2, 0.25) is 0 Å². The first-order valence-corrected chi connectivity index (χ1v) is 12.7. The van der Waals surface area contributed by atoms with Crippen molar-refractivity contribution in [3.63, 3.8) is 0 Å². The van der Waals surface area contributed by atoms with Crippen molar-refractivity contribution in [1.82, 2.24) is 9.47 Å². The molecule has 0 aliphatic carbocycles. The molecule has 3 aliphatic heterocycles.